The number of anilines is 1. The Morgan fingerprint density at radius 3 is 2.36 bits per heavy atom. The fraction of sp³-hybridized carbons (Fsp3) is 0.0714. The molecule has 2 rings (SSSR count). The fourth-order valence-corrected chi connectivity index (χ4v) is 3.57. The van der Waals surface area contributed by atoms with E-state index in [0.29, 0.717) is 11.4 Å². The summed E-state index contributed by atoms with van der Waals surface area (Å²) in [5, 5.41) is 3.96. The number of nitrogens with one attached hydrogen (secondary N) is 1. The third kappa shape index (κ3) is 3.71. The lowest BCUT2D eigenvalue weighted by atomic mass is 10.1. The molecule has 2 aromatic carbocycles. The van der Waals surface area contributed by atoms with E-state index >= 15 is 0 Å². The highest BCUT2D eigenvalue weighted by Gasteiger charge is 2.18. The summed E-state index contributed by atoms with van der Waals surface area (Å²) in [6.45, 7) is 1.75. The van der Waals surface area contributed by atoms with Gasteiger partial charge in [-0.3, -0.25) is 4.72 Å². The van der Waals surface area contributed by atoms with Crippen LogP contribution in [0.4, 0.5) is 5.69 Å². The highest BCUT2D eigenvalue weighted by Crippen LogP contribution is 2.26. The molecule has 0 aromatic heterocycles. The molecule has 0 saturated carbocycles. The van der Waals surface area contributed by atoms with Gasteiger partial charge in [-0.25, -0.2) is 8.42 Å². The smallest absolute Gasteiger partial charge is 0.263 e. The van der Waals surface area contributed by atoms with E-state index in [2.05, 4.69) is 9.82 Å². The lowest BCUT2D eigenvalue weighted by molar-refractivity contribution is 0.601. The molecular weight excluding hydrogens is 345 g/mol. The molecule has 22 heavy (non-hydrogen) atoms. The lowest BCUT2D eigenvalue weighted by Gasteiger charge is -2.10. The zero-order valence-corrected chi connectivity index (χ0v) is 13.9. The summed E-state index contributed by atoms with van der Waals surface area (Å²) in [7, 11) is -3.83. The summed E-state index contributed by atoms with van der Waals surface area (Å²) in [5.41, 5.74) is 1.84. The number of rotatable bonds is 4. The normalized spacial score (nSPS) is 12.2. The van der Waals surface area contributed by atoms with Gasteiger partial charge in [0.2, 0.25) is 0 Å². The van der Waals surface area contributed by atoms with Gasteiger partial charge in [-0.05, 0) is 42.8 Å². The van der Waals surface area contributed by atoms with E-state index in [-0.39, 0.29) is 14.9 Å². The van der Waals surface area contributed by atoms with Gasteiger partial charge in [0.15, 0.2) is 0 Å². The Kier molecular flexibility index (Phi) is 4.95. The van der Waals surface area contributed by atoms with E-state index in [4.69, 9.17) is 29.0 Å². The molecular formula is C14H13Cl2N3O2S. The highest BCUT2D eigenvalue weighted by molar-refractivity contribution is 7.92. The van der Waals surface area contributed by atoms with Crippen LogP contribution in [-0.2, 0) is 10.0 Å². The first-order chi connectivity index (χ1) is 10.3. The Morgan fingerprint density at radius 2 is 1.77 bits per heavy atom. The Balaban J connectivity index is 2.31. The summed E-state index contributed by atoms with van der Waals surface area (Å²) < 4.78 is 27.1. The number of hydrogen-bond donors (Lipinski definition) is 2. The number of hydrogen-bond acceptors (Lipinski definition) is 4. The Bertz CT molecular complexity index is 818. The summed E-state index contributed by atoms with van der Waals surface area (Å²) in [6, 6.07) is 10.9. The summed E-state index contributed by atoms with van der Waals surface area (Å²) in [5.74, 6) is 5.20. The van der Waals surface area contributed by atoms with Crippen molar-refractivity contribution in [3.8, 4) is 0 Å². The van der Waals surface area contributed by atoms with Crippen LogP contribution >= 0.6 is 23.2 Å². The third-order valence-electron chi connectivity index (χ3n) is 2.93. The van der Waals surface area contributed by atoms with Crippen molar-refractivity contribution in [1.29, 1.82) is 0 Å². The van der Waals surface area contributed by atoms with Crippen molar-refractivity contribution in [2.24, 2.45) is 10.9 Å². The van der Waals surface area contributed by atoms with Crippen LogP contribution in [0.1, 0.15) is 12.5 Å². The van der Waals surface area contributed by atoms with Gasteiger partial charge in [0, 0.05) is 10.7 Å². The van der Waals surface area contributed by atoms with E-state index in [1.165, 1.54) is 18.2 Å². The van der Waals surface area contributed by atoms with E-state index < -0.39 is 10.0 Å². The highest BCUT2D eigenvalue weighted by atomic mass is 35.5. The summed E-state index contributed by atoms with van der Waals surface area (Å²) in [6.07, 6.45) is 0. The Hall–Kier alpha value is -1.76. The molecule has 0 atom stereocenters. The molecule has 0 fully saturated rings. The predicted molar refractivity (Wildman–Crippen MR) is 90.1 cm³/mol. The monoisotopic (exact) mass is 357 g/mol. The number of hydrazone groups is 1. The van der Waals surface area contributed by atoms with Crippen LogP contribution in [0.2, 0.25) is 10.0 Å². The minimum absolute atomic E-state index is 0.0783. The van der Waals surface area contributed by atoms with Crippen LogP contribution in [0.5, 0.6) is 0 Å². The molecule has 0 bridgehead atoms. The molecule has 0 saturated heterocycles. The molecule has 0 spiro atoms. The van der Waals surface area contributed by atoms with Gasteiger partial charge in [0.25, 0.3) is 10.0 Å². The molecule has 0 heterocycles. The summed E-state index contributed by atoms with van der Waals surface area (Å²) >= 11 is 11.7. The van der Waals surface area contributed by atoms with Crippen LogP contribution in [0.15, 0.2) is 52.5 Å². The maximum Gasteiger partial charge on any atom is 0.263 e. The molecule has 0 aliphatic rings. The van der Waals surface area contributed by atoms with Crippen molar-refractivity contribution >= 4 is 44.6 Å². The molecule has 3 N–H and O–H groups in total. The standard InChI is InChI=1S/C14H13Cl2N3O2S/c1-9(18-17)10-2-5-12(6-3-10)19-22(20,21)14-8-11(15)4-7-13(14)16/h2-8,19H,17H2,1H3/b18-9+. The summed E-state index contributed by atoms with van der Waals surface area (Å²) in [4.78, 5) is -0.0783. The van der Waals surface area contributed by atoms with Crippen molar-refractivity contribution < 1.29 is 8.42 Å². The van der Waals surface area contributed by atoms with E-state index in [1.54, 1.807) is 31.2 Å². The van der Waals surface area contributed by atoms with E-state index in [9.17, 15) is 8.42 Å². The zero-order valence-electron chi connectivity index (χ0n) is 11.5. The zero-order chi connectivity index (χ0) is 16.3. The number of nitrogens with two attached hydrogens (primary N) is 1. The third-order valence-corrected chi connectivity index (χ3v) is 5.03. The molecule has 5 nitrogen and oxygen atoms in total. The largest absolute Gasteiger partial charge is 0.323 e. The molecule has 116 valence electrons. The van der Waals surface area contributed by atoms with Gasteiger partial charge in [-0.15, -0.1) is 0 Å². The molecule has 0 aliphatic heterocycles. The molecule has 0 radical (unpaired) electrons. The molecule has 8 heteroatoms. The van der Waals surface area contributed by atoms with Crippen molar-refractivity contribution in [1.82, 2.24) is 0 Å². The second-order valence-corrected chi connectivity index (χ2v) is 6.97. The van der Waals surface area contributed by atoms with E-state index in [1.807, 2.05) is 0 Å². The van der Waals surface area contributed by atoms with Crippen molar-refractivity contribution in [2.75, 3.05) is 4.72 Å². The van der Waals surface area contributed by atoms with Crippen LogP contribution in [0.25, 0.3) is 0 Å². The average molecular weight is 358 g/mol. The molecule has 0 unspecified atom stereocenters. The van der Waals surface area contributed by atoms with Gasteiger partial charge in [0.1, 0.15) is 4.90 Å². The Labute approximate surface area is 138 Å². The number of nitrogens with zero attached hydrogens (tertiary/aromatic N) is 1. The van der Waals surface area contributed by atoms with Crippen LogP contribution in [-0.4, -0.2) is 14.1 Å². The topological polar surface area (TPSA) is 84.5 Å². The second-order valence-electron chi connectivity index (χ2n) is 4.47. The molecule has 0 aliphatic carbocycles. The second kappa shape index (κ2) is 6.56. The number of sulfonamides is 1. The number of halogens is 2. The first kappa shape index (κ1) is 16.6. The van der Waals surface area contributed by atoms with Crippen molar-refractivity contribution in [3.05, 3.63) is 58.1 Å². The first-order valence-corrected chi connectivity index (χ1v) is 8.40. The Morgan fingerprint density at radius 1 is 1.14 bits per heavy atom. The van der Waals surface area contributed by atoms with E-state index in [0.717, 1.165) is 5.56 Å². The maximum absolute atomic E-state index is 12.4. The van der Waals surface area contributed by atoms with Crippen LogP contribution in [0.3, 0.4) is 0 Å². The minimum atomic E-state index is -3.83. The van der Waals surface area contributed by atoms with Gasteiger partial charge >= 0.3 is 0 Å². The van der Waals surface area contributed by atoms with Crippen molar-refractivity contribution in [2.45, 2.75) is 11.8 Å². The van der Waals surface area contributed by atoms with Gasteiger partial charge in [0.05, 0.1) is 10.7 Å². The minimum Gasteiger partial charge on any atom is -0.323 e. The van der Waals surface area contributed by atoms with Gasteiger partial charge in [-0.1, -0.05) is 35.3 Å². The van der Waals surface area contributed by atoms with Crippen LogP contribution in [0, 0.1) is 0 Å². The van der Waals surface area contributed by atoms with Crippen molar-refractivity contribution in [3.63, 3.8) is 0 Å². The average Bonchev–Trinajstić information content (AvgIpc) is 2.49. The lowest BCUT2D eigenvalue weighted by Crippen LogP contribution is -2.13. The SMILES string of the molecule is C/C(=N\N)c1ccc(NS(=O)(=O)c2cc(Cl)ccc2Cl)cc1. The number of benzene rings is 2. The molecule has 2 aromatic rings. The fourth-order valence-electron chi connectivity index (χ4n) is 1.75. The molecule has 0 amide bonds. The first-order valence-electron chi connectivity index (χ1n) is 6.16. The van der Waals surface area contributed by atoms with Gasteiger partial charge < -0.3 is 5.84 Å². The van der Waals surface area contributed by atoms with Crippen LogP contribution < -0.4 is 10.6 Å². The van der Waals surface area contributed by atoms with Gasteiger partial charge in [-0.2, -0.15) is 5.10 Å². The quantitative estimate of drug-likeness (QED) is 0.499. The maximum atomic E-state index is 12.4. The predicted octanol–water partition coefficient (Wildman–Crippen LogP) is 3.48.